The maximum atomic E-state index is 3.74. The summed E-state index contributed by atoms with van der Waals surface area (Å²) in [6.45, 7) is 3.74. The van der Waals surface area contributed by atoms with Crippen LogP contribution < -0.4 is 0 Å². The van der Waals surface area contributed by atoms with Crippen LogP contribution in [0.1, 0.15) is 9.27 Å². The summed E-state index contributed by atoms with van der Waals surface area (Å²) in [4.78, 5) is 0. The van der Waals surface area contributed by atoms with Gasteiger partial charge in [0.1, 0.15) is 0 Å². The molecule has 0 aromatic rings. The van der Waals surface area contributed by atoms with E-state index < -0.39 is 0 Å². The van der Waals surface area contributed by atoms with E-state index in [1.165, 1.54) is 5.57 Å². The van der Waals surface area contributed by atoms with Gasteiger partial charge in [0, 0.05) is 0 Å². The van der Waals surface area contributed by atoms with Crippen LogP contribution in [0.5, 0.6) is 0 Å². The SMILES string of the molecule is [CH2-]C1=CC=CC1.[H-].[H-].[Zr+3]. The second kappa shape index (κ2) is 3.26. The monoisotopic (exact) mass is 171 g/mol. The summed E-state index contributed by atoms with van der Waals surface area (Å²) in [7, 11) is 0. The second-order valence-corrected chi connectivity index (χ2v) is 1.46. The predicted octanol–water partition coefficient (Wildman–Crippen LogP) is 1.93. The molecule has 0 aliphatic heterocycles. The first kappa shape index (κ1) is 7.23. The fourth-order valence-electron chi connectivity index (χ4n) is 0.492. The maximum absolute atomic E-state index is 3.74. The molecule has 0 nitrogen and oxygen atoms in total. The molecule has 0 unspecified atom stereocenters. The molecule has 1 heteroatoms. The largest absolute Gasteiger partial charge is 3.00 e. The molecule has 0 amide bonds. The van der Waals surface area contributed by atoms with Gasteiger partial charge in [0.25, 0.3) is 0 Å². The summed E-state index contributed by atoms with van der Waals surface area (Å²) >= 11 is 0. The van der Waals surface area contributed by atoms with Gasteiger partial charge in [-0.3, -0.25) is 0 Å². The van der Waals surface area contributed by atoms with Crippen molar-refractivity contribution in [2.45, 2.75) is 6.42 Å². The van der Waals surface area contributed by atoms with Gasteiger partial charge < -0.3 is 2.85 Å². The minimum absolute atomic E-state index is 0. The van der Waals surface area contributed by atoms with Crippen molar-refractivity contribution in [2.75, 3.05) is 0 Å². The molecule has 0 aromatic carbocycles. The molecule has 1 aliphatic carbocycles. The number of rotatable bonds is 0. The van der Waals surface area contributed by atoms with Crippen LogP contribution in [-0.4, -0.2) is 0 Å². The molecule has 0 saturated carbocycles. The number of hydrogen-bond donors (Lipinski definition) is 0. The Morgan fingerprint density at radius 3 is 2.57 bits per heavy atom. The zero-order valence-corrected chi connectivity index (χ0v) is 6.60. The van der Waals surface area contributed by atoms with Crippen LogP contribution in [0.3, 0.4) is 0 Å². The Morgan fingerprint density at radius 1 is 1.71 bits per heavy atom. The van der Waals surface area contributed by atoms with Crippen molar-refractivity contribution in [1.82, 2.24) is 0 Å². The summed E-state index contributed by atoms with van der Waals surface area (Å²) < 4.78 is 0. The Hall–Kier alpha value is 0.233. The van der Waals surface area contributed by atoms with E-state index in [1.807, 2.05) is 12.2 Å². The van der Waals surface area contributed by atoms with Gasteiger partial charge in [-0.25, -0.2) is 18.6 Å². The zero-order valence-electron chi connectivity index (χ0n) is 6.15. The molecule has 0 fully saturated rings. The van der Waals surface area contributed by atoms with Gasteiger partial charge in [-0.1, -0.05) is 0 Å². The van der Waals surface area contributed by atoms with E-state index in [0.717, 1.165) is 6.42 Å². The van der Waals surface area contributed by atoms with Crippen LogP contribution in [0, 0.1) is 6.92 Å². The van der Waals surface area contributed by atoms with Crippen molar-refractivity contribution in [3.8, 4) is 0 Å². The average Bonchev–Trinajstić information content (AvgIpc) is 1.86. The van der Waals surface area contributed by atoms with Gasteiger partial charge in [0.05, 0.1) is 0 Å². The van der Waals surface area contributed by atoms with Gasteiger partial charge in [-0.2, -0.15) is 0 Å². The molecule has 0 aromatic heterocycles. The third kappa shape index (κ3) is 2.13. The van der Waals surface area contributed by atoms with Crippen molar-refractivity contribution in [2.24, 2.45) is 0 Å². The van der Waals surface area contributed by atoms with Crippen molar-refractivity contribution in [3.05, 3.63) is 30.7 Å². The fraction of sp³-hybridized carbons (Fsp3) is 0.167. The van der Waals surface area contributed by atoms with Crippen LogP contribution >= 0.6 is 0 Å². The molecule has 7 heavy (non-hydrogen) atoms. The van der Waals surface area contributed by atoms with Crippen LogP contribution in [0.25, 0.3) is 0 Å². The standard InChI is InChI=1S/C6H7.Zr.2H/c1-6-4-2-3-5-6;;;/h2-4H,1,5H2;;;/q-1;+3;2*-1. The summed E-state index contributed by atoms with van der Waals surface area (Å²) in [6, 6.07) is 0. The smallest absolute Gasteiger partial charge is 1.00 e. The third-order valence-corrected chi connectivity index (χ3v) is 0.848. The molecular formula is C6H9Zr. The second-order valence-electron chi connectivity index (χ2n) is 1.46. The van der Waals surface area contributed by atoms with Crippen molar-refractivity contribution >= 4 is 0 Å². The molecule has 0 atom stereocenters. The summed E-state index contributed by atoms with van der Waals surface area (Å²) in [5, 5.41) is 0. The maximum Gasteiger partial charge on any atom is 3.00 e. The molecule has 1 aliphatic rings. The average molecular weight is 172 g/mol. The molecule has 37 valence electrons. The summed E-state index contributed by atoms with van der Waals surface area (Å²) in [5.41, 5.74) is 1.22. The predicted molar refractivity (Wildman–Crippen MR) is 29.4 cm³/mol. The van der Waals surface area contributed by atoms with E-state index in [1.54, 1.807) is 0 Å². The molecule has 1 radical (unpaired) electrons. The number of hydrogen-bond acceptors (Lipinski definition) is 0. The van der Waals surface area contributed by atoms with E-state index in [9.17, 15) is 0 Å². The Balaban J connectivity index is -0.000000120. The van der Waals surface area contributed by atoms with E-state index in [4.69, 9.17) is 0 Å². The Kier molecular flexibility index (Phi) is 3.37. The molecule has 0 N–H and O–H groups in total. The van der Waals surface area contributed by atoms with Gasteiger partial charge in [-0.15, -0.1) is 12.2 Å². The topological polar surface area (TPSA) is 0 Å². The van der Waals surface area contributed by atoms with Crippen molar-refractivity contribution in [3.63, 3.8) is 0 Å². The first-order chi connectivity index (χ1) is 2.89. The third-order valence-electron chi connectivity index (χ3n) is 0.848. The van der Waals surface area contributed by atoms with Crippen LogP contribution in [0.2, 0.25) is 0 Å². The minimum Gasteiger partial charge on any atom is -1.00 e. The molecule has 0 bridgehead atoms. The summed E-state index contributed by atoms with van der Waals surface area (Å²) in [5.74, 6) is 0. The van der Waals surface area contributed by atoms with Crippen molar-refractivity contribution in [1.29, 1.82) is 0 Å². The quantitative estimate of drug-likeness (QED) is 0.490. The molecule has 1 rings (SSSR count). The van der Waals surface area contributed by atoms with Crippen LogP contribution in [-0.2, 0) is 26.2 Å². The van der Waals surface area contributed by atoms with Gasteiger partial charge in [-0.05, 0) is 6.42 Å². The summed E-state index contributed by atoms with van der Waals surface area (Å²) in [6.07, 6.45) is 7.21. The Morgan fingerprint density at radius 2 is 2.43 bits per heavy atom. The molecule has 0 saturated heterocycles. The molecular weight excluding hydrogens is 163 g/mol. The van der Waals surface area contributed by atoms with Crippen LogP contribution in [0.15, 0.2) is 23.8 Å². The van der Waals surface area contributed by atoms with E-state index >= 15 is 0 Å². The first-order valence-electron chi connectivity index (χ1n) is 2.07. The normalized spacial score (nSPS) is 15.7. The van der Waals surface area contributed by atoms with Crippen molar-refractivity contribution < 1.29 is 29.1 Å². The fourth-order valence-corrected chi connectivity index (χ4v) is 0.492. The van der Waals surface area contributed by atoms with Gasteiger partial charge in [0.2, 0.25) is 0 Å². The first-order valence-corrected chi connectivity index (χ1v) is 2.07. The van der Waals surface area contributed by atoms with E-state index in [0.29, 0.717) is 0 Å². The molecule has 0 heterocycles. The van der Waals surface area contributed by atoms with Crippen LogP contribution in [0.4, 0.5) is 0 Å². The van der Waals surface area contributed by atoms with E-state index in [2.05, 4.69) is 13.0 Å². The van der Waals surface area contributed by atoms with Gasteiger partial charge >= 0.3 is 26.2 Å². The molecule has 0 spiro atoms. The zero-order chi connectivity index (χ0) is 4.41. The van der Waals surface area contributed by atoms with Gasteiger partial charge in [0.15, 0.2) is 0 Å². The van der Waals surface area contributed by atoms with E-state index in [-0.39, 0.29) is 29.1 Å². The number of allylic oxidation sites excluding steroid dienone is 4. The Labute approximate surface area is 66.4 Å². The minimum atomic E-state index is 0. The Bertz CT molecular complexity index is 108.